The van der Waals surface area contributed by atoms with E-state index in [1.807, 2.05) is 0 Å². The molecule has 1 aromatic rings. The van der Waals surface area contributed by atoms with Crippen molar-refractivity contribution in [1.29, 1.82) is 0 Å². The molecule has 1 fully saturated rings. The first-order valence-electron chi connectivity index (χ1n) is 4.28. The Labute approximate surface area is 86.2 Å². The van der Waals surface area contributed by atoms with E-state index in [-0.39, 0.29) is 23.6 Å². The average molecular weight is 231 g/mol. The molecule has 6 nitrogen and oxygen atoms in total. The molecule has 0 amide bonds. The van der Waals surface area contributed by atoms with Crippen molar-refractivity contribution in [2.45, 2.75) is 6.54 Å². The van der Waals surface area contributed by atoms with E-state index in [4.69, 9.17) is 9.52 Å². The monoisotopic (exact) mass is 231 g/mol. The van der Waals surface area contributed by atoms with Gasteiger partial charge in [-0.3, -0.25) is 0 Å². The number of carbonyl (C=O) groups is 1. The fraction of sp³-hybridized carbons (Fsp3) is 0.375. The van der Waals surface area contributed by atoms with Gasteiger partial charge in [-0.1, -0.05) is 0 Å². The van der Waals surface area contributed by atoms with E-state index < -0.39 is 16.0 Å². The molecule has 0 radical (unpaired) electrons. The third kappa shape index (κ3) is 1.75. The molecule has 0 unspecified atom stereocenters. The van der Waals surface area contributed by atoms with Crippen molar-refractivity contribution < 1.29 is 22.7 Å². The lowest BCUT2D eigenvalue weighted by Gasteiger charge is -2.29. The molecule has 15 heavy (non-hydrogen) atoms. The van der Waals surface area contributed by atoms with E-state index in [9.17, 15) is 13.2 Å². The molecule has 82 valence electrons. The molecule has 2 heterocycles. The third-order valence-corrected chi connectivity index (χ3v) is 4.08. The molecule has 1 aromatic heterocycles. The maximum absolute atomic E-state index is 11.2. The highest BCUT2D eigenvalue weighted by Gasteiger charge is 2.34. The molecule has 0 atom stereocenters. The normalized spacial score (nSPS) is 19.7. The molecule has 0 saturated carbocycles. The van der Waals surface area contributed by atoms with Gasteiger partial charge in [-0.25, -0.2) is 13.2 Å². The standard InChI is InChI=1S/C8H9NO5S/c10-8(11)6-1-3-14-7(6)5-9-2-4-15(9,12)13/h1,3H,2,4-5H2,(H,10,11). The highest BCUT2D eigenvalue weighted by Crippen LogP contribution is 2.20. The average Bonchev–Trinajstić information content (AvgIpc) is 2.60. The molecule has 1 N–H and O–H groups in total. The highest BCUT2D eigenvalue weighted by atomic mass is 32.2. The zero-order valence-corrected chi connectivity index (χ0v) is 8.53. The number of carboxylic acids is 1. The van der Waals surface area contributed by atoms with Crippen LogP contribution in [0, 0.1) is 0 Å². The van der Waals surface area contributed by atoms with Gasteiger partial charge in [0, 0.05) is 6.54 Å². The molecule has 2 rings (SSSR count). The van der Waals surface area contributed by atoms with E-state index in [0.717, 1.165) is 0 Å². The Morgan fingerprint density at radius 2 is 2.33 bits per heavy atom. The van der Waals surface area contributed by atoms with Crippen LogP contribution in [0.5, 0.6) is 0 Å². The fourth-order valence-corrected chi connectivity index (χ4v) is 2.41. The summed E-state index contributed by atoms with van der Waals surface area (Å²) in [6, 6.07) is 1.31. The van der Waals surface area contributed by atoms with Gasteiger partial charge in [0.2, 0.25) is 10.0 Å². The van der Waals surface area contributed by atoms with Gasteiger partial charge in [0.05, 0.1) is 18.6 Å². The fourth-order valence-electron chi connectivity index (χ4n) is 1.36. The SMILES string of the molecule is O=C(O)c1ccoc1CN1CCS1(=O)=O. The summed E-state index contributed by atoms with van der Waals surface area (Å²) in [5.41, 5.74) is 0.0112. The van der Waals surface area contributed by atoms with Crippen LogP contribution in [0.2, 0.25) is 0 Å². The first-order chi connectivity index (χ1) is 7.00. The zero-order chi connectivity index (χ0) is 11.1. The van der Waals surface area contributed by atoms with Crippen molar-refractivity contribution >= 4 is 16.0 Å². The van der Waals surface area contributed by atoms with Crippen LogP contribution in [0.25, 0.3) is 0 Å². The maximum atomic E-state index is 11.2. The van der Waals surface area contributed by atoms with Gasteiger partial charge < -0.3 is 9.52 Å². The Kier molecular flexibility index (Phi) is 2.28. The molecule has 1 aliphatic heterocycles. The lowest BCUT2D eigenvalue weighted by molar-refractivity contribution is 0.0693. The van der Waals surface area contributed by atoms with E-state index in [1.165, 1.54) is 16.6 Å². The Morgan fingerprint density at radius 3 is 2.80 bits per heavy atom. The number of rotatable bonds is 3. The molecule has 1 aliphatic rings. The lowest BCUT2D eigenvalue weighted by atomic mass is 10.2. The van der Waals surface area contributed by atoms with Crippen molar-refractivity contribution in [3.63, 3.8) is 0 Å². The zero-order valence-electron chi connectivity index (χ0n) is 7.71. The summed E-state index contributed by atoms with van der Waals surface area (Å²) in [6.07, 6.45) is 1.24. The predicted octanol–water partition coefficient (Wildman–Crippen LogP) is 0.123. The first kappa shape index (κ1) is 10.2. The van der Waals surface area contributed by atoms with Gasteiger partial charge in [-0.2, -0.15) is 4.31 Å². The van der Waals surface area contributed by atoms with Crippen LogP contribution in [0.4, 0.5) is 0 Å². The molecular formula is C8H9NO5S. The third-order valence-electron chi connectivity index (χ3n) is 2.29. The van der Waals surface area contributed by atoms with Crippen molar-refractivity contribution in [2.75, 3.05) is 12.3 Å². The number of furan rings is 1. The van der Waals surface area contributed by atoms with Gasteiger partial charge in [0.15, 0.2) is 0 Å². The number of hydrogen-bond donors (Lipinski definition) is 1. The Hall–Kier alpha value is -1.34. The molecule has 0 aromatic carbocycles. The van der Waals surface area contributed by atoms with Crippen LogP contribution >= 0.6 is 0 Å². The van der Waals surface area contributed by atoms with E-state index >= 15 is 0 Å². The molecular weight excluding hydrogens is 222 g/mol. The molecule has 1 saturated heterocycles. The second-order valence-corrected chi connectivity index (χ2v) is 5.30. The molecule has 7 heteroatoms. The summed E-state index contributed by atoms with van der Waals surface area (Å²) >= 11 is 0. The second-order valence-electron chi connectivity index (χ2n) is 3.21. The van der Waals surface area contributed by atoms with Crippen LogP contribution in [0.15, 0.2) is 16.7 Å². The van der Waals surface area contributed by atoms with Crippen LogP contribution in [-0.2, 0) is 16.6 Å². The van der Waals surface area contributed by atoms with E-state index in [0.29, 0.717) is 6.54 Å². The lowest BCUT2D eigenvalue weighted by Crippen LogP contribution is -2.46. The minimum atomic E-state index is -3.16. The highest BCUT2D eigenvalue weighted by molar-refractivity contribution is 7.90. The summed E-state index contributed by atoms with van der Waals surface area (Å²) in [4.78, 5) is 10.7. The Balaban J connectivity index is 2.18. The minimum absolute atomic E-state index is 0.00301. The Bertz CT molecular complexity index is 489. The van der Waals surface area contributed by atoms with Crippen molar-refractivity contribution in [3.8, 4) is 0 Å². The van der Waals surface area contributed by atoms with Crippen LogP contribution in [-0.4, -0.2) is 36.1 Å². The molecule has 0 bridgehead atoms. The van der Waals surface area contributed by atoms with Gasteiger partial charge >= 0.3 is 5.97 Å². The van der Waals surface area contributed by atoms with Crippen molar-refractivity contribution in [3.05, 3.63) is 23.7 Å². The van der Waals surface area contributed by atoms with Gasteiger partial charge in [0.1, 0.15) is 11.3 Å². The Morgan fingerprint density at radius 1 is 1.60 bits per heavy atom. The summed E-state index contributed by atoms with van der Waals surface area (Å²) in [5, 5.41) is 8.76. The predicted molar refractivity (Wildman–Crippen MR) is 49.9 cm³/mol. The van der Waals surface area contributed by atoms with Crippen LogP contribution in [0.3, 0.4) is 0 Å². The molecule has 0 aliphatic carbocycles. The van der Waals surface area contributed by atoms with Crippen LogP contribution in [0.1, 0.15) is 16.1 Å². The van der Waals surface area contributed by atoms with Gasteiger partial charge in [-0.15, -0.1) is 0 Å². The summed E-state index contributed by atoms with van der Waals surface area (Å²) in [6.45, 7) is 0.416. The van der Waals surface area contributed by atoms with Gasteiger partial charge in [-0.05, 0) is 6.07 Å². The number of carboxylic acid groups (broad SMARTS) is 1. The number of hydrogen-bond acceptors (Lipinski definition) is 4. The van der Waals surface area contributed by atoms with Crippen molar-refractivity contribution in [2.24, 2.45) is 0 Å². The van der Waals surface area contributed by atoms with Crippen molar-refractivity contribution in [1.82, 2.24) is 4.31 Å². The van der Waals surface area contributed by atoms with Gasteiger partial charge in [0.25, 0.3) is 0 Å². The largest absolute Gasteiger partial charge is 0.478 e. The summed E-state index contributed by atoms with van der Waals surface area (Å²) in [5.74, 6) is -0.821. The van der Waals surface area contributed by atoms with E-state index in [1.54, 1.807) is 0 Å². The number of sulfonamides is 1. The number of nitrogens with zero attached hydrogens (tertiary/aromatic N) is 1. The summed E-state index contributed by atoms with van der Waals surface area (Å²) < 4.78 is 28.5. The number of aromatic carboxylic acids is 1. The quantitative estimate of drug-likeness (QED) is 0.798. The second kappa shape index (κ2) is 3.35. The smallest absolute Gasteiger partial charge is 0.339 e. The minimum Gasteiger partial charge on any atom is -0.478 e. The van der Waals surface area contributed by atoms with Crippen LogP contribution < -0.4 is 0 Å². The first-order valence-corrected chi connectivity index (χ1v) is 5.89. The molecule has 0 spiro atoms. The summed E-state index contributed by atoms with van der Waals surface area (Å²) in [7, 11) is -3.16. The van der Waals surface area contributed by atoms with E-state index in [2.05, 4.69) is 0 Å². The topological polar surface area (TPSA) is 87.8 Å². The maximum Gasteiger partial charge on any atom is 0.339 e.